The second-order valence-electron chi connectivity index (χ2n) is 5.27. The predicted molar refractivity (Wildman–Crippen MR) is 82.5 cm³/mol. The van der Waals surface area contributed by atoms with Crippen molar-refractivity contribution in [3.8, 4) is 17.2 Å². The molecule has 2 aromatic rings. The Balaban J connectivity index is 1.81. The third-order valence-corrected chi connectivity index (χ3v) is 3.00. The Hall–Kier alpha value is -1.96. The van der Waals surface area contributed by atoms with E-state index in [0.29, 0.717) is 0 Å². The van der Waals surface area contributed by atoms with Crippen LogP contribution in [-0.4, -0.2) is 6.61 Å². The first-order valence-electron chi connectivity index (χ1n) is 7.20. The standard InChI is InChI=1S/C18H22O2/c1-15(2)7-6-14-19-16-10-12-18(13-11-16)20-17-8-4-3-5-9-17/h3-5,8-13,15H,6-7,14H2,1-2H3. The second-order valence-corrected chi connectivity index (χ2v) is 5.27. The van der Waals surface area contributed by atoms with E-state index < -0.39 is 0 Å². The molecule has 2 heteroatoms. The molecule has 0 unspecified atom stereocenters. The first-order chi connectivity index (χ1) is 9.74. The molecular formula is C18H22O2. The van der Waals surface area contributed by atoms with E-state index in [4.69, 9.17) is 9.47 Å². The van der Waals surface area contributed by atoms with Crippen molar-refractivity contribution >= 4 is 0 Å². The van der Waals surface area contributed by atoms with E-state index in [1.54, 1.807) is 0 Å². The van der Waals surface area contributed by atoms with Gasteiger partial charge in [0.1, 0.15) is 17.2 Å². The zero-order valence-corrected chi connectivity index (χ0v) is 12.2. The Kier molecular flexibility index (Phi) is 5.48. The lowest BCUT2D eigenvalue weighted by molar-refractivity contribution is 0.297. The van der Waals surface area contributed by atoms with Gasteiger partial charge in [0, 0.05) is 0 Å². The Morgan fingerprint density at radius 2 is 1.40 bits per heavy atom. The van der Waals surface area contributed by atoms with Crippen molar-refractivity contribution in [2.45, 2.75) is 26.7 Å². The molecule has 0 saturated heterocycles. The summed E-state index contributed by atoms with van der Waals surface area (Å²) < 4.78 is 11.4. The summed E-state index contributed by atoms with van der Waals surface area (Å²) >= 11 is 0. The maximum atomic E-state index is 5.73. The van der Waals surface area contributed by atoms with Crippen LogP contribution in [0.3, 0.4) is 0 Å². The Morgan fingerprint density at radius 3 is 2.05 bits per heavy atom. The fraction of sp³-hybridized carbons (Fsp3) is 0.333. The van der Waals surface area contributed by atoms with E-state index in [1.165, 1.54) is 6.42 Å². The van der Waals surface area contributed by atoms with E-state index in [0.717, 1.165) is 36.2 Å². The van der Waals surface area contributed by atoms with E-state index in [2.05, 4.69) is 13.8 Å². The van der Waals surface area contributed by atoms with Crippen molar-refractivity contribution < 1.29 is 9.47 Å². The highest BCUT2D eigenvalue weighted by Crippen LogP contribution is 2.23. The molecule has 0 heterocycles. The number of hydrogen-bond donors (Lipinski definition) is 0. The van der Waals surface area contributed by atoms with Gasteiger partial charge in [0.2, 0.25) is 0 Å². The highest BCUT2D eigenvalue weighted by Gasteiger charge is 1.99. The highest BCUT2D eigenvalue weighted by molar-refractivity contribution is 5.35. The molecule has 2 rings (SSSR count). The summed E-state index contributed by atoms with van der Waals surface area (Å²) in [5.41, 5.74) is 0. The normalized spacial score (nSPS) is 10.6. The molecule has 2 nitrogen and oxygen atoms in total. The molecular weight excluding hydrogens is 248 g/mol. The smallest absolute Gasteiger partial charge is 0.127 e. The van der Waals surface area contributed by atoms with E-state index in [1.807, 2.05) is 54.6 Å². The molecule has 20 heavy (non-hydrogen) atoms. The molecule has 0 aliphatic heterocycles. The molecule has 0 aliphatic carbocycles. The molecule has 0 bridgehead atoms. The van der Waals surface area contributed by atoms with Crippen LogP contribution >= 0.6 is 0 Å². The molecule has 0 aliphatic rings. The topological polar surface area (TPSA) is 18.5 Å². The van der Waals surface area contributed by atoms with Gasteiger partial charge in [0.15, 0.2) is 0 Å². The monoisotopic (exact) mass is 270 g/mol. The third kappa shape index (κ3) is 4.96. The van der Waals surface area contributed by atoms with Crippen LogP contribution in [0.2, 0.25) is 0 Å². The van der Waals surface area contributed by atoms with Gasteiger partial charge in [-0.15, -0.1) is 0 Å². The fourth-order valence-electron chi connectivity index (χ4n) is 1.91. The molecule has 0 saturated carbocycles. The Labute approximate surface area is 121 Å². The number of para-hydroxylation sites is 1. The highest BCUT2D eigenvalue weighted by atomic mass is 16.5. The average molecular weight is 270 g/mol. The summed E-state index contributed by atoms with van der Waals surface area (Å²) in [5, 5.41) is 0. The lowest BCUT2D eigenvalue weighted by Gasteiger charge is -2.09. The summed E-state index contributed by atoms with van der Waals surface area (Å²) in [4.78, 5) is 0. The quantitative estimate of drug-likeness (QED) is 0.636. The molecule has 0 fully saturated rings. The summed E-state index contributed by atoms with van der Waals surface area (Å²) in [6.07, 6.45) is 2.30. The molecule has 106 valence electrons. The lowest BCUT2D eigenvalue weighted by Crippen LogP contribution is -1.99. The summed E-state index contributed by atoms with van der Waals surface area (Å²) in [5.74, 6) is 3.30. The largest absolute Gasteiger partial charge is 0.494 e. The molecule has 0 amide bonds. The van der Waals surface area contributed by atoms with Crippen molar-refractivity contribution in [3.05, 3.63) is 54.6 Å². The number of benzene rings is 2. The number of hydrogen-bond acceptors (Lipinski definition) is 2. The Morgan fingerprint density at radius 1 is 0.800 bits per heavy atom. The molecule has 0 aromatic heterocycles. The third-order valence-electron chi connectivity index (χ3n) is 3.00. The van der Waals surface area contributed by atoms with E-state index >= 15 is 0 Å². The minimum atomic E-state index is 0.736. The summed E-state index contributed by atoms with van der Waals surface area (Å²) in [6.45, 7) is 5.24. The molecule has 0 spiro atoms. The van der Waals surface area contributed by atoms with Crippen LogP contribution in [0.1, 0.15) is 26.7 Å². The van der Waals surface area contributed by atoms with Gasteiger partial charge in [-0.05, 0) is 55.2 Å². The first kappa shape index (κ1) is 14.4. The zero-order chi connectivity index (χ0) is 14.2. The van der Waals surface area contributed by atoms with Crippen LogP contribution in [-0.2, 0) is 0 Å². The zero-order valence-electron chi connectivity index (χ0n) is 12.2. The SMILES string of the molecule is CC(C)CCCOc1ccc(Oc2ccccc2)cc1. The van der Waals surface area contributed by atoms with Crippen LogP contribution in [0.5, 0.6) is 17.2 Å². The average Bonchev–Trinajstić information content (AvgIpc) is 2.46. The number of rotatable bonds is 7. The van der Waals surface area contributed by atoms with Gasteiger partial charge in [-0.1, -0.05) is 32.0 Å². The fourth-order valence-corrected chi connectivity index (χ4v) is 1.91. The van der Waals surface area contributed by atoms with Gasteiger partial charge < -0.3 is 9.47 Å². The van der Waals surface area contributed by atoms with Gasteiger partial charge in [-0.25, -0.2) is 0 Å². The molecule has 2 aromatic carbocycles. The maximum absolute atomic E-state index is 5.73. The van der Waals surface area contributed by atoms with Crippen LogP contribution < -0.4 is 9.47 Å². The van der Waals surface area contributed by atoms with E-state index in [-0.39, 0.29) is 0 Å². The number of ether oxygens (including phenoxy) is 2. The summed E-state index contributed by atoms with van der Waals surface area (Å²) in [7, 11) is 0. The minimum absolute atomic E-state index is 0.736. The van der Waals surface area contributed by atoms with Gasteiger partial charge in [0.25, 0.3) is 0 Å². The second kappa shape index (κ2) is 7.59. The van der Waals surface area contributed by atoms with Gasteiger partial charge in [0.05, 0.1) is 6.61 Å². The van der Waals surface area contributed by atoms with Crippen LogP contribution in [0.25, 0.3) is 0 Å². The molecule has 0 radical (unpaired) electrons. The van der Waals surface area contributed by atoms with Gasteiger partial charge in [-0.3, -0.25) is 0 Å². The van der Waals surface area contributed by atoms with Crippen molar-refractivity contribution in [3.63, 3.8) is 0 Å². The first-order valence-corrected chi connectivity index (χ1v) is 7.20. The van der Waals surface area contributed by atoms with Crippen LogP contribution in [0.4, 0.5) is 0 Å². The Bertz CT molecular complexity index is 489. The maximum Gasteiger partial charge on any atom is 0.127 e. The van der Waals surface area contributed by atoms with E-state index in [9.17, 15) is 0 Å². The predicted octanol–water partition coefficient (Wildman–Crippen LogP) is 5.29. The van der Waals surface area contributed by atoms with Crippen LogP contribution in [0.15, 0.2) is 54.6 Å². The van der Waals surface area contributed by atoms with Crippen LogP contribution in [0, 0.1) is 5.92 Å². The molecule has 0 atom stereocenters. The van der Waals surface area contributed by atoms with Crippen molar-refractivity contribution in [2.24, 2.45) is 5.92 Å². The van der Waals surface area contributed by atoms with Crippen molar-refractivity contribution in [2.75, 3.05) is 6.61 Å². The lowest BCUT2D eigenvalue weighted by atomic mass is 10.1. The molecule has 0 N–H and O–H groups in total. The minimum Gasteiger partial charge on any atom is -0.494 e. The van der Waals surface area contributed by atoms with Crippen molar-refractivity contribution in [1.29, 1.82) is 0 Å². The summed E-state index contributed by atoms with van der Waals surface area (Å²) in [6, 6.07) is 17.5. The van der Waals surface area contributed by atoms with Gasteiger partial charge >= 0.3 is 0 Å². The van der Waals surface area contributed by atoms with Crippen molar-refractivity contribution in [1.82, 2.24) is 0 Å². The van der Waals surface area contributed by atoms with Gasteiger partial charge in [-0.2, -0.15) is 0 Å².